The molecule has 0 unspecified atom stereocenters. The monoisotopic (exact) mass is 474 g/mol. The van der Waals surface area contributed by atoms with Gasteiger partial charge in [-0.3, -0.25) is 0 Å². The van der Waals surface area contributed by atoms with Crippen LogP contribution in [0.15, 0.2) is 11.6 Å². The highest BCUT2D eigenvalue weighted by Gasteiger charge is 2.67. The Morgan fingerprint density at radius 3 is 2.26 bits per heavy atom. The van der Waals surface area contributed by atoms with Crippen LogP contribution in [0.2, 0.25) is 0 Å². The first kappa shape index (κ1) is 26.2. The van der Waals surface area contributed by atoms with Crippen molar-refractivity contribution in [1.82, 2.24) is 0 Å². The van der Waals surface area contributed by atoms with Crippen molar-refractivity contribution < 1.29 is 20.1 Å². The number of hydrogen-bond donors (Lipinski definition) is 3. The molecule has 3 N–H and O–H groups in total. The van der Waals surface area contributed by atoms with E-state index in [1.165, 1.54) is 44.9 Å². The zero-order chi connectivity index (χ0) is 25.1. The van der Waals surface area contributed by atoms with Gasteiger partial charge in [0.2, 0.25) is 0 Å². The van der Waals surface area contributed by atoms with Crippen molar-refractivity contribution in [3.8, 4) is 0 Å². The van der Waals surface area contributed by atoms with Crippen LogP contribution in [-0.2, 0) is 4.79 Å². The summed E-state index contributed by atoms with van der Waals surface area (Å²) in [5.74, 6) is 2.42. The number of hydrogen-bond acceptors (Lipinski definition) is 3. The van der Waals surface area contributed by atoms with E-state index in [2.05, 4.69) is 41.5 Å². The maximum atomic E-state index is 11.2. The van der Waals surface area contributed by atoms with E-state index in [9.17, 15) is 20.1 Å². The van der Waals surface area contributed by atoms with Gasteiger partial charge in [0.1, 0.15) is 0 Å². The molecule has 0 radical (unpaired) electrons. The molecular formula is C30H50O4. The van der Waals surface area contributed by atoms with Crippen molar-refractivity contribution in [3.05, 3.63) is 11.6 Å². The van der Waals surface area contributed by atoms with Gasteiger partial charge < -0.3 is 15.3 Å². The number of carbonyl (C=O) groups is 1. The van der Waals surface area contributed by atoms with E-state index in [0.29, 0.717) is 34.0 Å². The predicted molar refractivity (Wildman–Crippen MR) is 136 cm³/mol. The Morgan fingerprint density at radius 1 is 0.941 bits per heavy atom. The molecule has 0 aromatic heterocycles. The Bertz CT molecular complexity index is 817. The van der Waals surface area contributed by atoms with Crippen molar-refractivity contribution in [2.45, 2.75) is 112 Å². The van der Waals surface area contributed by atoms with Gasteiger partial charge in [-0.15, -0.1) is 0 Å². The van der Waals surface area contributed by atoms with Gasteiger partial charge in [0, 0.05) is 0 Å². The lowest BCUT2D eigenvalue weighted by Gasteiger charge is -2.67. The number of carboxylic acids is 1. The Kier molecular flexibility index (Phi) is 6.86. The summed E-state index contributed by atoms with van der Waals surface area (Å²) in [7, 11) is 0. The van der Waals surface area contributed by atoms with Gasteiger partial charge in [-0.05, 0) is 115 Å². The zero-order valence-electron chi connectivity index (χ0n) is 22.6. The number of rotatable bonds is 6. The molecular weight excluding hydrogens is 424 g/mol. The number of fused-ring (bicyclic) bond motifs is 5. The molecule has 4 aliphatic rings. The molecule has 194 valence electrons. The number of aliphatic carboxylic acids is 1. The van der Waals surface area contributed by atoms with Gasteiger partial charge in [-0.2, -0.15) is 0 Å². The van der Waals surface area contributed by atoms with E-state index in [1.54, 1.807) is 6.08 Å². The highest BCUT2D eigenvalue weighted by molar-refractivity contribution is 5.86. The first-order valence-corrected chi connectivity index (χ1v) is 14.0. The van der Waals surface area contributed by atoms with Crippen LogP contribution in [0.3, 0.4) is 0 Å². The van der Waals surface area contributed by atoms with Crippen LogP contribution in [0.4, 0.5) is 0 Å². The van der Waals surface area contributed by atoms with Gasteiger partial charge in [-0.1, -0.05) is 47.6 Å². The van der Waals surface area contributed by atoms with Gasteiger partial charge in [-0.25, -0.2) is 4.79 Å². The summed E-state index contributed by atoms with van der Waals surface area (Å²) in [6, 6.07) is 0. The fourth-order valence-corrected chi connectivity index (χ4v) is 10.4. The number of allylic oxidation sites excluding steroid dienone is 1. The third-order valence-electron chi connectivity index (χ3n) is 12.6. The summed E-state index contributed by atoms with van der Waals surface area (Å²) in [5.41, 5.74) is 1.21. The van der Waals surface area contributed by atoms with Crippen molar-refractivity contribution in [2.24, 2.45) is 51.2 Å². The van der Waals surface area contributed by atoms with Crippen LogP contribution in [0.5, 0.6) is 0 Å². The van der Waals surface area contributed by atoms with E-state index >= 15 is 0 Å². The first-order chi connectivity index (χ1) is 15.8. The maximum Gasteiger partial charge on any atom is 0.333 e. The van der Waals surface area contributed by atoms with E-state index in [-0.39, 0.29) is 23.7 Å². The van der Waals surface area contributed by atoms with Gasteiger partial charge in [0.15, 0.2) is 0 Å². The standard InChI is InChI=1S/C30H50O4/c1-19(8-7-9-20(18-31)26(33)34)21-12-16-30(6)23-10-11-24-27(2,3)25(32)14-15-28(24,4)22(23)13-17-29(21,30)5/h9,19,21-25,31-32H,7-8,10-18H2,1-6H3,(H,33,34)/b20-9+/t19-,21-,22+,23-,24-,25-,28+,29-,30+/m0/s1. The molecule has 0 saturated heterocycles. The van der Waals surface area contributed by atoms with Gasteiger partial charge >= 0.3 is 5.97 Å². The van der Waals surface area contributed by atoms with Crippen LogP contribution < -0.4 is 0 Å². The molecule has 0 bridgehead atoms. The number of carboxylic acid groups (broad SMARTS) is 1. The summed E-state index contributed by atoms with van der Waals surface area (Å²) >= 11 is 0. The first-order valence-electron chi connectivity index (χ1n) is 14.0. The van der Waals surface area contributed by atoms with Crippen molar-refractivity contribution >= 4 is 5.97 Å². The molecule has 0 spiro atoms. The van der Waals surface area contributed by atoms with Gasteiger partial charge in [0.05, 0.1) is 18.3 Å². The van der Waals surface area contributed by atoms with Crippen LogP contribution >= 0.6 is 0 Å². The Labute approximate surface area is 207 Å². The zero-order valence-corrected chi connectivity index (χ0v) is 22.6. The third-order valence-corrected chi connectivity index (χ3v) is 12.6. The van der Waals surface area contributed by atoms with Crippen molar-refractivity contribution in [1.29, 1.82) is 0 Å². The largest absolute Gasteiger partial charge is 0.478 e. The second-order valence-corrected chi connectivity index (χ2v) is 14.0. The second kappa shape index (κ2) is 8.91. The average Bonchev–Trinajstić information content (AvgIpc) is 3.05. The summed E-state index contributed by atoms with van der Waals surface area (Å²) in [4.78, 5) is 11.2. The molecule has 4 aliphatic carbocycles. The lowest BCUT2D eigenvalue weighted by atomic mass is 9.38. The van der Waals surface area contributed by atoms with Crippen LogP contribution in [0.25, 0.3) is 0 Å². The summed E-state index contributed by atoms with van der Waals surface area (Å²) in [5, 5.41) is 29.3. The molecule has 0 aromatic rings. The lowest BCUT2D eigenvalue weighted by molar-refractivity contribution is -0.200. The minimum Gasteiger partial charge on any atom is -0.478 e. The smallest absolute Gasteiger partial charge is 0.333 e. The van der Waals surface area contributed by atoms with Crippen molar-refractivity contribution in [2.75, 3.05) is 6.61 Å². The second-order valence-electron chi connectivity index (χ2n) is 14.0. The minimum atomic E-state index is -1.00. The minimum absolute atomic E-state index is 0.0171. The molecule has 4 heteroatoms. The Hall–Kier alpha value is -0.870. The SMILES string of the molecule is C[C@@H](CC/C=C(\CO)C(=O)O)[C@@H]1CC[C@]2(C)[C@H]3CC[C@H]4C(C)(C)[C@@H](O)CC[C@]4(C)[C@@H]3CC[C@@]12C. The molecule has 34 heavy (non-hydrogen) atoms. The van der Waals surface area contributed by atoms with E-state index in [1.807, 2.05) is 0 Å². The van der Waals surface area contributed by atoms with Crippen LogP contribution in [0.1, 0.15) is 106 Å². The summed E-state index contributed by atoms with van der Waals surface area (Å²) in [6.45, 7) is 14.4. The van der Waals surface area contributed by atoms with Crippen LogP contribution in [0, 0.1) is 51.2 Å². The molecule has 0 amide bonds. The van der Waals surface area contributed by atoms with E-state index < -0.39 is 5.97 Å². The predicted octanol–water partition coefficient (Wildman–Crippen LogP) is 6.45. The Morgan fingerprint density at radius 2 is 1.62 bits per heavy atom. The highest BCUT2D eigenvalue weighted by Crippen LogP contribution is 2.74. The quantitative estimate of drug-likeness (QED) is 0.386. The molecule has 0 aromatic carbocycles. The third kappa shape index (κ3) is 3.72. The van der Waals surface area contributed by atoms with Crippen molar-refractivity contribution in [3.63, 3.8) is 0 Å². The molecule has 0 heterocycles. The highest BCUT2D eigenvalue weighted by atomic mass is 16.4. The molecule has 4 fully saturated rings. The lowest BCUT2D eigenvalue weighted by Crippen LogP contribution is -2.61. The molecule has 0 aliphatic heterocycles. The normalized spacial score (nSPS) is 46.8. The number of aliphatic hydroxyl groups excluding tert-OH is 2. The number of aliphatic hydroxyl groups is 2. The van der Waals surface area contributed by atoms with Gasteiger partial charge in [0.25, 0.3) is 0 Å². The fraction of sp³-hybridized carbons (Fsp3) is 0.900. The maximum absolute atomic E-state index is 11.2. The van der Waals surface area contributed by atoms with E-state index in [0.717, 1.165) is 31.1 Å². The molecule has 4 nitrogen and oxygen atoms in total. The molecule has 4 saturated carbocycles. The topological polar surface area (TPSA) is 77.8 Å². The van der Waals surface area contributed by atoms with E-state index in [4.69, 9.17) is 0 Å². The summed E-state index contributed by atoms with van der Waals surface area (Å²) in [6.07, 6.45) is 13.2. The average molecular weight is 475 g/mol. The van der Waals surface area contributed by atoms with Crippen LogP contribution in [-0.4, -0.2) is 34.0 Å². The molecule has 9 atom stereocenters. The summed E-state index contributed by atoms with van der Waals surface area (Å²) < 4.78 is 0. The Balaban J connectivity index is 1.53. The molecule has 4 rings (SSSR count). The fourth-order valence-electron chi connectivity index (χ4n) is 10.4.